The number of carbonyl (C=O) groups excluding carboxylic acids is 1. The van der Waals surface area contributed by atoms with Gasteiger partial charge in [0.05, 0.1) is 0 Å². The predicted octanol–water partition coefficient (Wildman–Crippen LogP) is 3.57. The van der Waals surface area contributed by atoms with Gasteiger partial charge in [-0.15, -0.1) is 0 Å². The molecule has 1 aromatic heterocycles. The molecule has 1 heterocycles. The molecule has 0 spiro atoms. The summed E-state index contributed by atoms with van der Waals surface area (Å²) in [6.45, 7) is 0. The van der Waals surface area contributed by atoms with Gasteiger partial charge in [-0.2, -0.15) is 4.98 Å². The highest BCUT2D eigenvalue weighted by molar-refractivity contribution is 5.98. The fourth-order valence-corrected chi connectivity index (χ4v) is 4.63. The molecule has 2 aliphatic carbocycles. The van der Waals surface area contributed by atoms with Crippen LogP contribution in [0.5, 0.6) is 0 Å². The second-order valence-electron chi connectivity index (χ2n) is 8.31. The van der Waals surface area contributed by atoms with Crippen LogP contribution in [0.3, 0.4) is 0 Å². The van der Waals surface area contributed by atoms with Gasteiger partial charge < -0.3 is 22.1 Å². The molecule has 0 saturated heterocycles. The van der Waals surface area contributed by atoms with E-state index in [1.807, 2.05) is 12.1 Å². The molecule has 1 amide bonds. The first-order chi connectivity index (χ1) is 15.1. The molecule has 2 atom stereocenters. The molecule has 2 unspecified atom stereocenters. The third kappa shape index (κ3) is 3.72. The normalized spacial score (nSPS) is 19.4. The average molecular weight is 415 g/mol. The van der Waals surface area contributed by atoms with Crippen LogP contribution in [0, 0.1) is 0 Å². The Bertz CT molecular complexity index is 1140. The van der Waals surface area contributed by atoms with Crippen LogP contribution >= 0.6 is 0 Å². The first kappa shape index (κ1) is 19.5. The maximum Gasteiger partial charge on any atom is 0.254 e. The first-order valence-electron chi connectivity index (χ1n) is 10.8. The Morgan fingerprint density at radius 2 is 1.84 bits per heavy atom. The number of hydrogen-bond acceptors (Lipinski definition) is 6. The minimum Gasteiger partial charge on any atom is -0.365 e. The molecule has 31 heavy (non-hydrogen) atoms. The Morgan fingerprint density at radius 3 is 2.68 bits per heavy atom. The highest BCUT2D eigenvalue weighted by Crippen LogP contribution is 2.40. The highest BCUT2D eigenvalue weighted by atomic mass is 16.1. The molecule has 1 saturated carbocycles. The number of rotatable bonds is 5. The molecule has 2 aliphatic rings. The Hall–Kier alpha value is -3.45. The molecule has 3 aromatic rings. The van der Waals surface area contributed by atoms with Crippen molar-refractivity contribution in [3.05, 3.63) is 65.4 Å². The van der Waals surface area contributed by atoms with Crippen molar-refractivity contribution in [1.82, 2.24) is 9.97 Å². The van der Waals surface area contributed by atoms with Crippen LogP contribution in [-0.4, -0.2) is 28.0 Å². The maximum absolute atomic E-state index is 12.0. The molecule has 7 nitrogen and oxygen atoms in total. The number of carbonyl (C=O) groups is 1. The molecular weight excluding hydrogens is 388 g/mol. The molecule has 5 rings (SSSR count). The van der Waals surface area contributed by atoms with Crippen molar-refractivity contribution >= 4 is 23.4 Å². The number of nitrogens with one attached hydrogen (secondary N) is 2. The molecule has 1 fully saturated rings. The van der Waals surface area contributed by atoms with Crippen LogP contribution in [0.2, 0.25) is 0 Å². The van der Waals surface area contributed by atoms with Crippen molar-refractivity contribution in [2.75, 3.05) is 10.6 Å². The van der Waals surface area contributed by atoms with E-state index in [9.17, 15) is 4.79 Å². The van der Waals surface area contributed by atoms with Gasteiger partial charge in [0.15, 0.2) is 0 Å². The Morgan fingerprint density at radius 1 is 1.03 bits per heavy atom. The van der Waals surface area contributed by atoms with E-state index in [2.05, 4.69) is 50.9 Å². The third-order valence-electron chi connectivity index (χ3n) is 6.29. The van der Waals surface area contributed by atoms with E-state index >= 15 is 0 Å². The predicted molar refractivity (Wildman–Crippen MR) is 122 cm³/mol. The van der Waals surface area contributed by atoms with Gasteiger partial charge in [0, 0.05) is 30.4 Å². The van der Waals surface area contributed by atoms with E-state index in [0.717, 1.165) is 37.8 Å². The summed E-state index contributed by atoms with van der Waals surface area (Å²) < 4.78 is 0. The minimum absolute atomic E-state index is 0.0699. The number of amides is 1. The van der Waals surface area contributed by atoms with E-state index in [0.29, 0.717) is 11.8 Å². The Labute approximate surface area is 181 Å². The van der Waals surface area contributed by atoms with Crippen molar-refractivity contribution in [1.29, 1.82) is 0 Å². The van der Waals surface area contributed by atoms with Gasteiger partial charge in [0.1, 0.15) is 11.4 Å². The van der Waals surface area contributed by atoms with E-state index in [4.69, 9.17) is 11.5 Å². The van der Waals surface area contributed by atoms with Crippen molar-refractivity contribution in [3.8, 4) is 11.1 Å². The smallest absolute Gasteiger partial charge is 0.254 e. The van der Waals surface area contributed by atoms with Crippen molar-refractivity contribution in [2.24, 2.45) is 11.5 Å². The molecule has 2 aromatic carbocycles. The number of primary amides is 1. The van der Waals surface area contributed by atoms with Gasteiger partial charge in [0.25, 0.3) is 5.91 Å². The summed E-state index contributed by atoms with van der Waals surface area (Å²) in [5.74, 6) is 0.281. The van der Waals surface area contributed by atoms with Crippen LogP contribution in [-0.2, 0) is 6.42 Å². The SMILES string of the molecule is NC(=O)c1cnc(NC2CCCCC2N)nc1Nc1cccc2c1Cc1ccccc1-2. The molecule has 0 radical (unpaired) electrons. The van der Waals surface area contributed by atoms with Crippen LogP contribution in [0.25, 0.3) is 11.1 Å². The van der Waals surface area contributed by atoms with Gasteiger partial charge in [0.2, 0.25) is 5.95 Å². The van der Waals surface area contributed by atoms with Crippen LogP contribution in [0.4, 0.5) is 17.5 Å². The summed E-state index contributed by atoms with van der Waals surface area (Å²) in [4.78, 5) is 21.0. The molecule has 158 valence electrons. The zero-order valence-corrected chi connectivity index (χ0v) is 17.3. The second-order valence-corrected chi connectivity index (χ2v) is 8.31. The summed E-state index contributed by atoms with van der Waals surface area (Å²) in [7, 11) is 0. The van der Waals surface area contributed by atoms with Crippen molar-refractivity contribution in [3.63, 3.8) is 0 Å². The highest BCUT2D eigenvalue weighted by Gasteiger charge is 2.24. The maximum atomic E-state index is 12.0. The summed E-state index contributed by atoms with van der Waals surface area (Å²) in [5, 5.41) is 6.70. The fraction of sp³-hybridized carbons (Fsp3) is 0.292. The van der Waals surface area contributed by atoms with Crippen molar-refractivity contribution in [2.45, 2.75) is 44.2 Å². The largest absolute Gasteiger partial charge is 0.365 e. The van der Waals surface area contributed by atoms with E-state index < -0.39 is 5.91 Å². The lowest BCUT2D eigenvalue weighted by atomic mass is 9.91. The number of nitrogens with two attached hydrogens (primary N) is 2. The molecule has 0 aliphatic heterocycles. The molecule has 6 N–H and O–H groups in total. The number of benzene rings is 2. The summed E-state index contributed by atoms with van der Waals surface area (Å²) in [6.07, 6.45) is 6.55. The van der Waals surface area contributed by atoms with Crippen molar-refractivity contribution < 1.29 is 4.79 Å². The van der Waals surface area contributed by atoms with Crippen LogP contribution in [0.15, 0.2) is 48.7 Å². The lowest BCUT2D eigenvalue weighted by Crippen LogP contribution is -2.43. The number of fused-ring (bicyclic) bond motifs is 3. The average Bonchev–Trinajstić information content (AvgIpc) is 3.15. The van der Waals surface area contributed by atoms with E-state index in [1.54, 1.807) is 0 Å². The quantitative estimate of drug-likeness (QED) is 0.396. The van der Waals surface area contributed by atoms with Crippen LogP contribution < -0.4 is 22.1 Å². The van der Waals surface area contributed by atoms with E-state index in [-0.39, 0.29) is 17.6 Å². The molecule has 0 bridgehead atoms. The summed E-state index contributed by atoms with van der Waals surface area (Å²) >= 11 is 0. The summed E-state index contributed by atoms with van der Waals surface area (Å²) in [5.41, 5.74) is 17.9. The summed E-state index contributed by atoms with van der Waals surface area (Å²) in [6, 6.07) is 14.7. The number of nitrogens with zero attached hydrogens (tertiary/aromatic N) is 2. The number of hydrogen-bond donors (Lipinski definition) is 4. The Balaban J connectivity index is 1.47. The zero-order valence-electron chi connectivity index (χ0n) is 17.3. The minimum atomic E-state index is -0.570. The first-order valence-corrected chi connectivity index (χ1v) is 10.8. The van der Waals surface area contributed by atoms with E-state index in [1.165, 1.54) is 28.5 Å². The fourth-order valence-electron chi connectivity index (χ4n) is 4.63. The van der Waals surface area contributed by atoms with Gasteiger partial charge in [-0.05, 0) is 41.2 Å². The van der Waals surface area contributed by atoms with Gasteiger partial charge in [-0.3, -0.25) is 4.79 Å². The second kappa shape index (κ2) is 8.00. The zero-order chi connectivity index (χ0) is 21.4. The van der Waals surface area contributed by atoms with Gasteiger partial charge in [-0.25, -0.2) is 4.98 Å². The number of aromatic nitrogens is 2. The third-order valence-corrected chi connectivity index (χ3v) is 6.29. The topological polar surface area (TPSA) is 119 Å². The molecular formula is C24H26N6O. The van der Waals surface area contributed by atoms with Crippen LogP contribution in [0.1, 0.15) is 47.2 Å². The monoisotopic (exact) mass is 414 g/mol. The van der Waals surface area contributed by atoms with Gasteiger partial charge in [-0.1, -0.05) is 49.2 Å². The Kier molecular flexibility index (Phi) is 5.03. The van der Waals surface area contributed by atoms with Gasteiger partial charge >= 0.3 is 0 Å². The standard InChI is InChI=1S/C24H26N6O/c25-19-9-3-4-10-21(19)29-24-27-13-18(22(26)31)23(30-24)28-20-11-5-8-16-15-7-2-1-6-14(15)12-17(16)20/h1-2,5-8,11,13,19,21H,3-4,9-10,12,25H2,(H2,26,31)(H2,27,28,29,30). The lowest BCUT2D eigenvalue weighted by molar-refractivity contribution is 0.100. The molecule has 7 heteroatoms. The lowest BCUT2D eigenvalue weighted by Gasteiger charge is -2.29. The number of anilines is 3.